The van der Waals surface area contributed by atoms with Gasteiger partial charge in [0, 0.05) is 30.1 Å². The van der Waals surface area contributed by atoms with Gasteiger partial charge in [0.1, 0.15) is 11.6 Å². The standard InChI is InChI=1S/C30H33FN2O3/c1-36-27-12-13-29-28(20-27)24(15-17-32-29)6-2-5-23-16-19-33(21-25(23)9-14-30(34)35)18-3-4-22-7-10-26(31)11-8-22/h7-8,10-13,15,17,20,23,25H,2,5-6,9,14,16,18-19,21H2,1H3,(H,34,35)/t23-,25+/m1/s1. The van der Waals surface area contributed by atoms with Gasteiger partial charge < -0.3 is 9.84 Å². The molecule has 2 heterocycles. The first-order valence-corrected chi connectivity index (χ1v) is 12.6. The molecule has 1 N–H and O–H groups in total. The van der Waals surface area contributed by atoms with Gasteiger partial charge >= 0.3 is 5.97 Å². The predicted molar refractivity (Wildman–Crippen MR) is 139 cm³/mol. The van der Waals surface area contributed by atoms with Crippen molar-refractivity contribution in [1.29, 1.82) is 0 Å². The van der Waals surface area contributed by atoms with E-state index in [2.05, 4.69) is 33.9 Å². The predicted octanol–water partition coefficient (Wildman–Crippen LogP) is 5.56. The summed E-state index contributed by atoms with van der Waals surface area (Å²) < 4.78 is 18.5. The topological polar surface area (TPSA) is 62.7 Å². The maximum absolute atomic E-state index is 13.1. The summed E-state index contributed by atoms with van der Waals surface area (Å²) in [4.78, 5) is 18.1. The third-order valence-corrected chi connectivity index (χ3v) is 7.14. The number of carboxylic acids is 1. The van der Waals surface area contributed by atoms with E-state index in [9.17, 15) is 14.3 Å². The highest BCUT2D eigenvalue weighted by atomic mass is 19.1. The molecule has 1 aliphatic heterocycles. The number of aromatic nitrogens is 1. The lowest BCUT2D eigenvalue weighted by Gasteiger charge is -2.38. The zero-order chi connectivity index (χ0) is 25.3. The molecule has 2 aromatic carbocycles. The van der Waals surface area contributed by atoms with E-state index in [4.69, 9.17) is 4.74 Å². The summed E-state index contributed by atoms with van der Waals surface area (Å²) in [5.74, 6) is 6.99. The molecule has 6 heteroatoms. The van der Waals surface area contributed by atoms with Crippen LogP contribution in [0.25, 0.3) is 10.9 Å². The van der Waals surface area contributed by atoms with Gasteiger partial charge in [-0.3, -0.25) is 14.7 Å². The molecule has 0 amide bonds. The van der Waals surface area contributed by atoms with Gasteiger partial charge in [0.25, 0.3) is 0 Å². The number of halogens is 1. The van der Waals surface area contributed by atoms with Crippen molar-refractivity contribution >= 4 is 16.9 Å². The van der Waals surface area contributed by atoms with E-state index >= 15 is 0 Å². The monoisotopic (exact) mass is 488 g/mol. The van der Waals surface area contributed by atoms with Gasteiger partial charge in [-0.15, -0.1) is 0 Å². The molecule has 0 unspecified atom stereocenters. The molecule has 1 fully saturated rings. The molecular formula is C30H33FN2O3. The van der Waals surface area contributed by atoms with Crippen molar-refractivity contribution in [3.8, 4) is 17.6 Å². The fraction of sp³-hybridized carbons (Fsp3) is 0.400. The zero-order valence-corrected chi connectivity index (χ0v) is 20.8. The molecule has 0 bridgehead atoms. The van der Waals surface area contributed by atoms with Crippen molar-refractivity contribution in [2.24, 2.45) is 11.8 Å². The van der Waals surface area contributed by atoms with Gasteiger partial charge in [-0.2, -0.15) is 0 Å². The Balaban J connectivity index is 1.35. The van der Waals surface area contributed by atoms with E-state index in [1.807, 2.05) is 18.3 Å². The fourth-order valence-corrected chi connectivity index (χ4v) is 5.18. The third kappa shape index (κ3) is 7.05. The number of nitrogens with zero attached hydrogens (tertiary/aromatic N) is 2. The van der Waals surface area contributed by atoms with Gasteiger partial charge in [0.2, 0.25) is 0 Å². The average molecular weight is 489 g/mol. The second-order valence-electron chi connectivity index (χ2n) is 9.53. The number of likely N-dealkylation sites (tertiary alicyclic amines) is 1. The molecule has 1 saturated heterocycles. The van der Waals surface area contributed by atoms with E-state index in [0.717, 1.165) is 61.0 Å². The normalized spacial score (nSPS) is 17.9. The molecule has 0 saturated carbocycles. The molecule has 188 valence electrons. The van der Waals surface area contributed by atoms with Crippen molar-refractivity contribution in [1.82, 2.24) is 9.88 Å². The Bertz CT molecular complexity index is 1230. The summed E-state index contributed by atoms with van der Waals surface area (Å²) in [6.07, 6.45) is 6.89. The van der Waals surface area contributed by atoms with E-state index in [1.165, 1.54) is 17.7 Å². The summed E-state index contributed by atoms with van der Waals surface area (Å²) in [6.45, 7) is 2.46. The quantitative estimate of drug-likeness (QED) is 0.400. The zero-order valence-electron chi connectivity index (χ0n) is 20.8. The highest BCUT2D eigenvalue weighted by molar-refractivity contribution is 5.83. The Morgan fingerprint density at radius 3 is 2.78 bits per heavy atom. The fourth-order valence-electron chi connectivity index (χ4n) is 5.18. The van der Waals surface area contributed by atoms with E-state index < -0.39 is 5.97 Å². The van der Waals surface area contributed by atoms with Crippen LogP contribution in [0, 0.1) is 29.5 Å². The number of hydrogen-bond acceptors (Lipinski definition) is 4. The van der Waals surface area contributed by atoms with Gasteiger partial charge in [0.05, 0.1) is 19.2 Å². The first-order valence-electron chi connectivity index (χ1n) is 12.6. The molecule has 4 rings (SSSR count). The minimum Gasteiger partial charge on any atom is -0.497 e. The first-order chi connectivity index (χ1) is 17.5. The molecule has 1 aromatic heterocycles. The number of aliphatic carboxylic acids is 1. The highest BCUT2D eigenvalue weighted by Crippen LogP contribution is 2.32. The van der Waals surface area contributed by atoms with Crippen LogP contribution in [0.2, 0.25) is 0 Å². The summed E-state index contributed by atoms with van der Waals surface area (Å²) in [6, 6.07) is 14.3. The first kappa shape index (κ1) is 25.7. The number of piperidine rings is 1. The number of aryl methyl sites for hydroxylation is 1. The van der Waals surface area contributed by atoms with Crippen molar-refractivity contribution in [2.45, 2.75) is 38.5 Å². The van der Waals surface area contributed by atoms with E-state index in [-0.39, 0.29) is 12.2 Å². The molecule has 1 aliphatic rings. The number of hydrogen-bond donors (Lipinski definition) is 1. The summed E-state index contributed by atoms with van der Waals surface area (Å²) in [5, 5.41) is 10.4. The summed E-state index contributed by atoms with van der Waals surface area (Å²) in [7, 11) is 1.68. The second-order valence-corrected chi connectivity index (χ2v) is 9.53. The van der Waals surface area contributed by atoms with Crippen molar-refractivity contribution in [3.05, 3.63) is 71.7 Å². The lowest BCUT2D eigenvalue weighted by molar-refractivity contribution is -0.137. The second kappa shape index (κ2) is 12.5. The van der Waals surface area contributed by atoms with Gasteiger partial charge in [0.15, 0.2) is 0 Å². The Hall–Kier alpha value is -3.43. The van der Waals surface area contributed by atoms with Gasteiger partial charge in [-0.1, -0.05) is 11.8 Å². The molecule has 2 atom stereocenters. The Labute approximate surface area is 212 Å². The van der Waals surface area contributed by atoms with Gasteiger partial charge in [-0.05, 0) is 105 Å². The molecule has 0 aliphatic carbocycles. The van der Waals surface area contributed by atoms with Gasteiger partial charge in [-0.25, -0.2) is 4.39 Å². The highest BCUT2D eigenvalue weighted by Gasteiger charge is 2.28. The molecule has 0 radical (unpaired) electrons. The van der Waals surface area contributed by atoms with E-state index in [1.54, 1.807) is 19.2 Å². The number of rotatable bonds is 9. The molecule has 36 heavy (non-hydrogen) atoms. The Morgan fingerprint density at radius 2 is 2.00 bits per heavy atom. The van der Waals surface area contributed by atoms with E-state index in [0.29, 0.717) is 24.8 Å². The number of fused-ring (bicyclic) bond motifs is 1. The Kier molecular flexibility index (Phi) is 8.91. The van der Waals surface area contributed by atoms with Crippen LogP contribution in [0.3, 0.4) is 0 Å². The summed E-state index contributed by atoms with van der Waals surface area (Å²) >= 11 is 0. The number of carboxylic acid groups (broad SMARTS) is 1. The smallest absolute Gasteiger partial charge is 0.303 e. The van der Waals surface area contributed by atoms with Crippen LogP contribution in [0.4, 0.5) is 4.39 Å². The molecule has 5 nitrogen and oxygen atoms in total. The van der Waals surface area contributed by atoms with Crippen LogP contribution in [0.15, 0.2) is 54.7 Å². The summed E-state index contributed by atoms with van der Waals surface area (Å²) in [5.41, 5.74) is 3.05. The third-order valence-electron chi connectivity index (χ3n) is 7.14. The lowest BCUT2D eigenvalue weighted by Crippen LogP contribution is -2.41. The van der Waals surface area contributed by atoms with Crippen LogP contribution in [-0.4, -0.2) is 47.7 Å². The minimum absolute atomic E-state index is 0.199. The van der Waals surface area contributed by atoms with Crippen LogP contribution < -0.4 is 4.74 Å². The number of benzene rings is 2. The maximum atomic E-state index is 13.1. The van der Waals surface area contributed by atoms with Crippen molar-refractivity contribution in [3.63, 3.8) is 0 Å². The van der Waals surface area contributed by atoms with Crippen molar-refractivity contribution < 1.29 is 19.0 Å². The molecular weight excluding hydrogens is 455 g/mol. The van der Waals surface area contributed by atoms with Crippen LogP contribution in [0.1, 0.15) is 43.2 Å². The SMILES string of the molecule is COc1ccc2nccc(CCC[C@@H]3CCN(CC#Cc4ccc(F)cc4)C[C@@H]3CCC(=O)O)c2c1. The molecule has 3 aromatic rings. The van der Waals surface area contributed by atoms with Crippen LogP contribution in [0.5, 0.6) is 5.75 Å². The maximum Gasteiger partial charge on any atom is 0.303 e. The largest absolute Gasteiger partial charge is 0.497 e. The minimum atomic E-state index is -0.737. The number of carbonyl (C=O) groups is 1. The van der Waals surface area contributed by atoms with Crippen LogP contribution >= 0.6 is 0 Å². The lowest BCUT2D eigenvalue weighted by atomic mass is 9.79. The van der Waals surface area contributed by atoms with Crippen molar-refractivity contribution in [2.75, 3.05) is 26.7 Å². The van der Waals surface area contributed by atoms with Crippen LogP contribution in [-0.2, 0) is 11.2 Å². The average Bonchev–Trinajstić information content (AvgIpc) is 2.89. The number of methoxy groups -OCH3 is 1. The number of pyridine rings is 1. The molecule has 0 spiro atoms. The number of ether oxygens (including phenoxy) is 1. The Morgan fingerprint density at radius 1 is 1.17 bits per heavy atom.